The first-order valence-corrected chi connectivity index (χ1v) is 6.25. The van der Waals surface area contributed by atoms with Gasteiger partial charge in [0.1, 0.15) is 12.6 Å². The van der Waals surface area contributed by atoms with E-state index in [0.717, 1.165) is 0 Å². The molecule has 0 radical (unpaired) electrons. The topological polar surface area (TPSA) is 125 Å². The fraction of sp³-hybridized carbons (Fsp3) is 0.667. The number of carbonyl (C=O) groups is 4. The van der Waals surface area contributed by atoms with Gasteiger partial charge in [-0.3, -0.25) is 19.2 Å². The summed E-state index contributed by atoms with van der Waals surface area (Å²) in [5, 5.41) is 15.4. The Labute approximate surface area is 117 Å². The highest BCUT2D eigenvalue weighted by Crippen LogP contribution is 2.04. The van der Waals surface area contributed by atoms with Gasteiger partial charge in [-0.1, -0.05) is 13.8 Å². The zero-order valence-electron chi connectivity index (χ0n) is 11.9. The highest BCUT2D eigenvalue weighted by Gasteiger charge is 2.20. The maximum atomic E-state index is 11.8. The van der Waals surface area contributed by atoms with Gasteiger partial charge in [-0.05, 0) is 12.3 Å². The van der Waals surface area contributed by atoms with E-state index in [2.05, 4.69) is 16.0 Å². The maximum absolute atomic E-state index is 11.8. The van der Waals surface area contributed by atoms with Gasteiger partial charge in [0.05, 0.1) is 6.54 Å². The van der Waals surface area contributed by atoms with Gasteiger partial charge in [-0.2, -0.15) is 0 Å². The van der Waals surface area contributed by atoms with E-state index in [0.29, 0.717) is 6.42 Å². The summed E-state index contributed by atoms with van der Waals surface area (Å²) in [6.07, 6.45) is 0.447. The van der Waals surface area contributed by atoms with E-state index in [1.807, 2.05) is 13.8 Å². The van der Waals surface area contributed by atoms with Crippen LogP contribution in [0.3, 0.4) is 0 Å². The summed E-state index contributed by atoms with van der Waals surface area (Å²) in [6.45, 7) is 4.28. The number of carboxylic acid groups (broad SMARTS) is 1. The Morgan fingerprint density at radius 1 is 1.05 bits per heavy atom. The van der Waals surface area contributed by atoms with Crippen molar-refractivity contribution in [1.82, 2.24) is 16.0 Å². The summed E-state index contributed by atoms with van der Waals surface area (Å²) in [5.41, 5.74) is 0. The van der Waals surface area contributed by atoms with Crippen LogP contribution < -0.4 is 16.0 Å². The molecule has 0 bridgehead atoms. The van der Waals surface area contributed by atoms with Gasteiger partial charge >= 0.3 is 5.97 Å². The van der Waals surface area contributed by atoms with Crippen molar-refractivity contribution in [1.29, 1.82) is 0 Å². The molecule has 0 spiro atoms. The second kappa shape index (κ2) is 8.89. The Kier molecular flexibility index (Phi) is 7.95. The molecule has 3 amide bonds. The van der Waals surface area contributed by atoms with Gasteiger partial charge in [0.25, 0.3) is 0 Å². The maximum Gasteiger partial charge on any atom is 0.322 e. The van der Waals surface area contributed by atoms with Gasteiger partial charge in [0.2, 0.25) is 17.7 Å². The van der Waals surface area contributed by atoms with Crippen LogP contribution in [0.15, 0.2) is 0 Å². The van der Waals surface area contributed by atoms with Crippen LogP contribution in [0.2, 0.25) is 0 Å². The first-order valence-electron chi connectivity index (χ1n) is 6.25. The molecule has 0 saturated heterocycles. The van der Waals surface area contributed by atoms with Crippen LogP contribution in [0.1, 0.15) is 27.2 Å². The smallest absolute Gasteiger partial charge is 0.322 e. The minimum atomic E-state index is -1.17. The summed E-state index contributed by atoms with van der Waals surface area (Å²) < 4.78 is 0. The molecule has 0 aliphatic carbocycles. The second-order valence-electron chi connectivity index (χ2n) is 4.77. The molecule has 8 heteroatoms. The predicted molar refractivity (Wildman–Crippen MR) is 70.7 cm³/mol. The molecule has 1 atom stereocenters. The fourth-order valence-electron chi connectivity index (χ4n) is 1.48. The van der Waals surface area contributed by atoms with Gasteiger partial charge < -0.3 is 21.1 Å². The van der Waals surface area contributed by atoms with Crippen molar-refractivity contribution in [2.24, 2.45) is 5.92 Å². The minimum Gasteiger partial charge on any atom is -0.480 e. The first kappa shape index (κ1) is 17.9. The Hall–Kier alpha value is -2.12. The molecular weight excluding hydrogens is 266 g/mol. The van der Waals surface area contributed by atoms with Gasteiger partial charge in [0, 0.05) is 6.92 Å². The molecule has 114 valence electrons. The van der Waals surface area contributed by atoms with Crippen molar-refractivity contribution in [2.75, 3.05) is 13.1 Å². The Balaban J connectivity index is 4.27. The van der Waals surface area contributed by atoms with Crippen LogP contribution >= 0.6 is 0 Å². The molecule has 0 heterocycles. The van der Waals surface area contributed by atoms with Gasteiger partial charge in [-0.25, -0.2) is 0 Å². The highest BCUT2D eigenvalue weighted by atomic mass is 16.4. The van der Waals surface area contributed by atoms with Crippen molar-refractivity contribution in [3.05, 3.63) is 0 Å². The number of carbonyl (C=O) groups excluding carboxylic acids is 3. The normalized spacial score (nSPS) is 11.6. The van der Waals surface area contributed by atoms with Crippen molar-refractivity contribution in [2.45, 2.75) is 33.2 Å². The van der Waals surface area contributed by atoms with Crippen LogP contribution in [-0.4, -0.2) is 47.9 Å². The van der Waals surface area contributed by atoms with Gasteiger partial charge in [-0.15, -0.1) is 0 Å². The van der Waals surface area contributed by atoms with Crippen molar-refractivity contribution in [3.63, 3.8) is 0 Å². The lowest BCUT2D eigenvalue weighted by Gasteiger charge is -2.19. The van der Waals surface area contributed by atoms with Crippen molar-refractivity contribution < 1.29 is 24.3 Å². The minimum absolute atomic E-state index is 0.193. The summed E-state index contributed by atoms with van der Waals surface area (Å²) in [4.78, 5) is 44.3. The van der Waals surface area contributed by atoms with Crippen LogP contribution in [0.4, 0.5) is 0 Å². The molecule has 0 saturated carbocycles. The molecule has 0 fully saturated rings. The standard InChI is InChI=1S/C12H21N3O5/c1-7(2)4-9(15-8(3)16)12(20)14-5-10(17)13-6-11(18)19/h7,9H,4-6H2,1-3H3,(H,13,17)(H,14,20)(H,15,16)(H,18,19)/t9-/m0/s1. The lowest BCUT2D eigenvalue weighted by atomic mass is 10.0. The van der Waals surface area contributed by atoms with Crippen molar-refractivity contribution in [3.8, 4) is 0 Å². The summed E-state index contributed by atoms with van der Waals surface area (Å²) in [5.74, 6) is -2.38. The van der Waals surface area contributed by atoms with Crippen LogP contribution in [0.5, 0.6) is 0 Å². The van der Waals surface area contributed by atoms with E-state index in [9.17, 15) is 19.2 Å². The largest absolute Gasteiger partial charge is 0.480 e. The molecule has 0 rings (SSSR count). The SMILES string of the molecule is CC(=O)N[C@@H](CC(C)C)C(=O)NCC(=O)NCC(=O)O. The number of amides is 3. The monoisotopic (exact) mass is 287 g/mol. The van der Waals surface area contributed by atoms with E-state index >= 15 is 0 Å². The van der Waals surface area contributed by atoms with Crippen LogP contribution in [0.25, 0.3) is 0 Å². The van der Waals surface area contributed by atoms with E-state index in [1.165, 1.54) is 6.92 Å². The summed E-state index contributed by atoms with van der Waals surface area (Å²) >= 11 is 0. The molecule has 0 aliphatic heterocycles. The lowest BCUT2D eigenvalue weighted by Crippen LogP contribution is -2.49. The zero-order chi connectivity index (χ0) is 15.7. The average Bonchev–Trinajstić information content (AvgIpc) is 2.31. The number of hydrogen-bond acceptors (Lipinski definition) is 4. The van der Waals surface area contributed by atoms with Crippen molar-refractivity contribution >= 4 is 23.7 Å². The number of hydrogen-bond donors (Lipinski definition) is 4. The highest BCUT2D eigenvalue weighted by molar-refractivity contribution is 5.90. The first-order chi connectivity index (χ1) is 9.22. The van der Waals surface area contributed by atoms with E-state index in [1.54, 1.807) is 0 Å². The molecule has 0 aromatic carbocycles. The molecule has 20 heavy (non-hydrogen) atoms. The Morgan fingerprint density at radius 3 is 2.10 bits per heavy atom. The number of nitrogens with one attached hydrogen (secondary N) is 3. The zero-order valence-corrected chi connectivity index (χ0v) is 11.9. The molecule has 0 unspecified atom stereocenters. The van der Waals surface area contributed by atoms with E-state index < -0.39 is 30.4 Å². The Morgan fingerprint density at radius 2 is 1.65 bits per heavy atom. The third-order valence-electron chi connectivity index (χ3n) is 2.26. The fourth-order valence-corrected chi connectivity index (χ4v) is 1.48. The summed E-state index contributed by atoms with van der Waals surface area (Å²) in [7, 11) is 0. The average molecular weight is 287 g/mol. The molecule has 0 aliphatic rings. The van der Waals surface area contributed by atoms with Gasteiger partial charge in [0.15, 0.2) is 0 Å². The molecular formula is C12H21N3O5. The predicted octanol–water partition coefficient (Wildman–Crippen LogP) is -1.15. The third-order valence-corrected chi connectivity index (χ3v) is 2.26. The second-order valence-corrected chi connectivity index (χ2v) is 4.77. The molecule has 0 aromatic heterocycles. The van der Waals surface area contributed by atoms with E-state index in [-0.39, 0.29) is 18.4 Å². The van der Waals surface area contributed by atoms with Crippen LogP contribution in [0, 0.1) is 5.92 Å². The quantitative estimate of drug-likeness (QED) is 0.449. The number of carboxylic acids is 1. The third kappa shape index (κ3) is 8.90. The van der Waals surface area contributed by atoms with E-state index in [4.69, 9.17) is 5.11 Å². The molecule has 4 N–H and O–H groups in total. The number of aliphatic carboxylic acids is 1. The molecule has 8 nitrogen and oxygen atoms in total. The number of rotatable bonds is 8. The Bertz CT molecular complexity index is 381. The summed E-state index contributed by atoms with van der Waals surface area (Å²) in [6, 6.07) is -0.709. The molecule has 0 aromatic rings. The van der Waals surface area contributed by atoms with Crippen LogP contribution in [-0.2, 0) is 19.2 Å². The lowest BCUT2D eigenvalue weighted by molar-refractivity contribution is -0.138.